The van der Waals surface area contributed by atoms with Gasteiger partial charge in [0, 0.05) is 11.2 Å². The summed E-state index contributed by atoms with van der Waals surface area (Å²) in [7, 11) is 0. The molecule has 0 saturated heterocycles. The number of ether oxygens (including phenoxy) is 1. The van der Waals surface area contributed by atoms with Crippen LogP contribution in [0.5, 0.6) is 0 Å². The Hall–Kier alpha value is -3.39. The largest absolute Gasteiger partial charge is 0.480 e. The fourth-order valence-electron chi connectivity index (χ4n) is 2.85. The molecule has 30 heavy (non-hydrogen) atoms. The number of alkyl carbamates (subject to hydrolysis) is 1. The number of hydrogen-bond donors (Lipinski definition) is 3. The van der Waals surface area contributed by atoms with Crippen LogP contribution in [0.3, 0.4) is 0 Å². The molecule has 0 unspecified atom stereocenters. The lowest BCUT2D eigenvalue weighted by atomic mass is 10.1. The maximum Gasteiger partial charge on any atom is 0.407 e. The zero-order valence-electron chi connectivity index (χ0n) is 16.2. The molecule has 0 aliphatic heterocycles. The molecular weight excluding hydrogens is 404 g/mol. The number of thiophene rings is 1. The summed E-state index contributed by atoms with van der Waals surface area (Å²) in [5.41, 5.74) is 0.877. The second-order valence-electron chi connectivity index (χ2n) is 6.64. The van der Waals surface area contributed by atoms with E-state index < -0.39 is 24.0 Å². The van der Waals surface area contributed by atoms with E-state index >= 15 is 0 Å². The fourth-order valence-corrected chi connectivity index (χ4v) is 3.82. The van der Waals surface area contributed by atoms with Crippen LogP contribution in [-0.2, 0) is 16.1 Å². The quantitative estimate of drug-likeness (QED) is 0.452. The van der Waals surface area contributed by atoms with Crippen molar-refractivity contribution in [3.05, 3.63) is 71.1 Å². The lowest BCUT2D eigenvalue weighted by Crippen LogP contribution is -2.41. The van der Waals surface area contributed by atoms with E-state index in [0.717, 1.165) is 15.6 Å². The van der Waals surface area contributed by atoms with Gasteiger partial charge in [-0.1, -0.05) is 48.5 Å². The highest BCUT2D eigenvalue weighted by Gasteiger charge is 2.21. The third-order valence-electron chi connectivity index (χ3n) is 4.40. The van der Waals surface area contributed by atoms with Crippen LogP contribution in [0.25, 0.3) is 10.1 Å². The smallest absolute Gasteiger partial charge is 0.407 e. The summed E-state index contributed by atoms with van der Waals surface area (Å²) >= 11 is 1.32. The van der Waals surface area contributed by atoms with E-state index in [9.17, 15) is 19.5 Å². The first kappa shape index (κ1) is 21.3. The van der Waals surface area contributed by atoms with E-state index in [2.05, 4.69) is 10.6 Å². The number of carboxylic acid groups (broad SMARTS) is 1. The zero-order valence-corrected chi connectivity index (χ0v) is 17.0. The van der Waals surface area contributed by atoms with Gasteiger partial charge in [-0.25, -0.2) is 9.59 Å². The first-order chi connectivity index (χ1) is 14.5. The van der Waals surface area contributed by atoms with E-state index in [1.807, 2.05) is 54.6 Å². The molecule has 3 aromatic rings. The Bertz CT molecular complexity index is 986. The Kier molecular flexibility index (Phi) is 7.40. The first-order valence-corrected chi connectivity index (χ1v) is 10.3. The van der Waals surface area contributed by atoms with Gasteiger partial charge in [0.2, 0.25) is 0 Å². The van der Waals surface area contributed by atoms with Crippen LogP contribution in [0.15, 0.2) is 60.7 Å². The van der Waals surface area contributed by atoms with Gasteiger partial charge in [0.15, 0.2) is 0 Å². The molecule has 0 spiro atoms. The number of nitrogens with one attached hydrogen (secondary N) is 2. The van der Waals surface area contributed by atoms with Crippen molar-refractivity contribution in [1.29, 1.82) is 0 Å². The predicted octanol–water partition coefficient (Wildman–Crippen LogP) is 3.79. The van der Waals surface area contributed by atoms with Crippen LogP contribution in [0.1, 0.15) is 28.1 Å². The SMILES string of the molecule is O=C(NCCC[C@H](NC(=O)c1cc2ccccc2s1)C(=O)O)OCc1ccccc1. The van der Waals surface area contributed by atoms with E-state index in [1.165, 1.54) is 11.3 Å². The van der Waals surface area contributed by atoms with Gasteiger partial charge in [0.05, 0.1) is 4.88 Å². The molecule has 8 heteroatoms. The molecule has 156 valence electrons. The van der Waals surface area contributed by atoms with Gasteiger partial charge >= 0.3 is 12.1 Å². The maximum atomic E-state index is 12.4. The highest BCUT2D eigenvalue weighted by Crippen LogP contribution is 2.25. The molecule has 7 nitrogen and oxygen atoms in total. The lowest BCUT2D eigenvalue weighted by Gasteiger charge is -2.14. The van der Waals surface area contributed by atoms with Gasteiger partial charge < -0.3 is 20.5 Å². The minimum absolute atomic E-state index is 0.162. The van der Waals surface area contributed by atoms with Crippen molar-refractivity contribution < 1.29 is 24.2 Å². The highest BCUT2D eigenvalue weighted by atomic mass is 32.1. The first-order valence-electron chi connectivity index (χ1n) is 9.50. The van der Waals surface area contributed by atoms with Crippen molar-refractivity contribution in [3.8, 4) is 0 Å². The van der Waals surface area contributed by atoms with Gasteiger partial charge in [0.1, 0.15) is 12.6 Å². The van der Waals surface area contributed by atoms with Crippen molar-refractivity contribution in [1.82, 2.24) is 10.6 Å². The second kappa shape index (κ2) is 10.4. The number of aliphatic carboxylic acids is 1. The van der Waals surface area contributed by atoms with Gasteiger partial charge in [-0.3, -0.25) is 4.79 Å². The summed E-state index contributed by atoms with van der Waals surface area (Å²) < 4.78 is 6.06. The number of rotatable bonds is 9. The van der Waals surface area contributed by atoms with Crippen molar-refractivity contribution in [2.75, 3.05) is 6.54 Å². The van der Waals surface area contributed by atoms with Crippen LogP contribution >= 0.6 is 11.3 Å². The lowest BCUT2D eigenvalue weighted by molar-refractivity contribution is -0.139. The zero-order chi connectivity index (χ0) is 21.3. The molecule has 1 atom stereocenters. The number of carbonyl (C=O) groups is 3. The number of carboxylic acids is 1. The Morgan fingerprint density at radius 1 is 1.03 bits per heavy atom. The van der Waals surface area contributed by atoms with E-state index in [-0.39, 0.29) is 19.6 Å². The molecule has 1 aromatic heterocycles. The van der Waals surface area contributed by atoms with Crippen LogP contribution in [0.2, 0.25) is 0 Å². The van der Waals surface area contributed by atoms with Crippen LogP contribution in [-0.4, -0.2) is 35.7 Å². The van der Waals surface area contributed by atoms with Crippen molar-refractivity contribution in [2.24, 2.45) is 0 Å². The van der Waals surface area contributed by atoms with Crippen molar-refractivity contribution in [2.45, 2.75) is 25.5 Å². The summed E-state index contributed by atoms with van der Waals surface area (Å²) in [6.07, 6.45) is -0.00489. The predicted molar refractivity (Wildman–Crippen MR) is 115 cm³/mol. The number of benzene rings is 2. The van der Waals surface area contributed by atoms with Gasteiger partial charge in [-0.05, 0) is 35.9 Å². The second-order valence-corrected chi connectivity index (χ2v) is 7.73. The average Bonchev–Trinajstić information content (AvgIpc) is 3.19. The third-order valence-corrected chi connectivity index (χ3v) is 5.52. The topological polar surface area (TPSA) is 105 Å². The maximum absolute atomic E-state index is 12.4. The molecule has 0 aliphatic carbocycles. The number of hydrogen-bond acceptors (Lipinski definition) is 5. The summed E-state index contributed by atoms with van der Waals surface area (Å²) in [5.74, 6) is -1.53. The average molecular weight is 426 g/mol. The molecule has 2 amide bonds. The van der Waals surface area contributed by atoms with Crippen molar-refractivity contribution >= 4 is 39.4 Å². The minimum Gasteiger partial charge on any atom is -0.480 e. The van der Waals surface area contributed by atoms with E-state index in [1.54, 1.807) is 6.07 Å². The minimum atomic E-state index is -1.11. The standard InChI is InChI=1S/C22H22N2O5S/c25-20(19-13-16-9-4-5-11-18(16)30-19)24-17(21(26)27)10-6-12-23-22(28)29-14-15-7-2-1-3-8-15/h1-5,7-9,11,13,17H,6,10,12,14H2,(H,23,28)(H,24,25)(H,26,27)/t17-/m0/s1. The van der Waals surface area contributed by atoms with E-state index in [4.69, 9.17) is 4.74 Å². The molecule has 0 bridgehead atoms. The van der Waals surface area contributed by atoms with Crippen molar-refractivity contribution in [3.63, 3.8) is 0 Å². The Morgan fingerprint density at radius 3 is 2.50 bits per heavy atom. The number of amides is 2. The highest BCUT2D eigenvalue weighted by molar-refractivity contribution is 7.20. The molecular formula is C22H22N2O5S. The van der Waals surface area contributed by atoms with Gasteiger partial charge in [-0.15, -0.1) is 11.3 Å². The molecule has 1 heterocycles. The summed E-state index contributed by atoms with van der Waals surface area (Å²) in [6, 6.07) is 17.6. The molecule has 2 aromatic carbocycles. The summed E-state index contributed by atoms with van der Waals surface area (Å²) in [4.78, 5) is 36.1. The summed E-state index contributed by atoms with van der Waals surface area (Å²) in [5, 5.41) is 15.5. The van der Waals surface area contributed by atoms with Crippen LogP contribution in [0, 0.1) is 0 Å². The Labute approximate surface area is 177 Å². The molecule has 0 radical (unpaired) electrons. The number of carbonyl (C=O) groups excluding carboxylic acids is 2. The monoisotopic (exact) mass is 426 g/mol. The summed E-state index contributed by atoms with van der Waals surface area (Å²) in [6.45, 7) is 0.409. The molecule has 0 saturated carbocycles. The fraction of sp³-hybridized carbons (Fsp3) is 0.227. The van der Waals surface area contributed by atoms with E-state index in [0.29, 0.717) is 11.3 Å². The molecule has 3 N–H and O–H groups in total. The van der Waals surface area contributed by atoms with Crippen LogP contribution in [0.4, 0.5) is 4.79 Å². The van der Waals surface area contributed by atoms with Crippen LogP contribution < -0.4 is 10.6 Å². The third kappa shape index (κ3) is 6.05. The Balaban J connectivity index is 1.42. The molecule has 0 aliphatic rings. The molecule has 0 fully saturated rings. The molecule has 3 rings (SSSR count). The Morgan fingerprint density at radius 2 is 1.77 bits per heavy atom. The van der Waals surface area contributed by atoms with Gasteiger partial charge in [-0.2, -0.15) is 0 Å². The normalized spacial score (nSPS) is 11.6. The number of fused-ring (bicyclic) bond motifs is 1. The van der Waals surface area contributed by atoms with Gasteiger partial charge in [0.25, 0.3) is 5.91 Å².